The van der Waals surface area contributed by atoms with Crippen LogP contribution in [0.2, 0.25) is 0 Å². The van der Waals surface area contributed by atoms with Crippen LogP contribution in [0.1, 0.15) is 23.6 Å². The summed E-state index contributed by atoms with van der Waals surface area (Å²) >= 11 is 0. The van der Waals surface area contributed by atoms with E-state index in [1.54, 1.807) is 0 Å². The fourth-order valence-electron chi connectivity index (χ4n) is 2.02. The second kappa shape index (κ2) is 7.48. The molecule has 19 heavy (non-hydrogen) atoms. The van der Waals surface area contributed by atoms with E-state index in [2.05, 4.69) is 5.32 Å². The molecule has 1 fully saturated rings. The predicted octanol–water partition coefficient (Wildman–Crippen LogP) is 1.57. The second-order valence-electron chi connectivity index (χ2n) is 4.86. The van der Waals surface area contributed by atoms with E-state index < -0.39 is 6.04 Å². The molecule has 2 atom stereocenters. The average molecular weight is 285 g/mol. The molecule has 1 amide bonds. The first kappa shape index (κ1) is 16.0. The van der Waals surface area contributed by atoms with E-state index in [0.717, 1.165) is 30.8 Å². The van der Waals surface area contributed by atoms with E-state index in [1.165, 1.54) is 0 Å². The summed E-state index contributed by atoms with van der Waals surface area (Å²) < 4.78 is 5.27. The fraction of sp³-hybridized carbons (Fsp3) is 0.500. The van der Waals surface area contributed by atoms with Crippen molar-refractivity contribution < 1.29 is 9.53 Å². The van der Waals surface area contributed by atoms with Crippen molar-refractivity contribution in [3.63, 3.8) is 0 Å². The molecule has 5 heteroatoms. The summed E-state index contributed by atoms with van der Waals surface area (Å²) in [6, 6.07) is 7.14. The van der Waals surface area contributed by atoms with E-state index in [-0.39, 0.29) is 18.3 Å². The smallest absolute Gasteiger partial charge is 0.241 e. The first-order valence-corrected chi connectivity index (χ1v) is 6.34. The van der Waals surface area contributed by atoms with Gasteiger partial charge in [0.2, 0.25) is 5.91 Å². The molecular weight excluding hydrogens is 264 g/mol. The number of nitrogens with two attached hydrogens (primary N) is 1. The number of amides is 1. The quantitative estimate of drug-likeness (QED) is 0.882. The van der Waals surface area contributed by atoms with Crippen molar-refractivity contribution in [2.45, 2.75) is 19.4 Å². The third-order valence-electron chi connectivity index (χ3n) is 3.31. The number of hydrogen-bond acceptors (Lipinski definition) is 3. The Morgan fingerprint density at radius 2 is 2.16 bits per heavy atom. The molecule has 3 N–H and O–H groups in total. The zero-order chi connectivity index (χ0) is 13.0. The summed E-state index contributed by atoms with van der Waals surface area (Å²) in [6.45, 7) is 4.19. The average Bonchev–Trinajstić information content (AvgIpc) is 2.89. The molecule has 0 radical (unpaired) electrons. The summed E-state index contributed by atoms with van der Waals surface area (Å²) in [6.07, 6.45) is 1.01. The molecular formula is C14H21ClN2O2. The van der Waals surface area contributed by atoms with Crippen molar-refractivity contribution in [2.24, 2.45) is 11.7 Å². The molecule has 0 aliphatic carbocycles. The van der Waals surface area contributed by atoms with Gasteiger partial charge in [0.25, 0.3) is 0 Å². The highest BCUT2D eigenvalue weighted by Crippen LogP contribution is 2.13. The van der Waals surface area contributed by atoms with Gasteiger partial charge in [0, 0.05) is 19.1 Å². The number of carbonyl (C=O) groups is 1. The molecule has 0 saturated carbocycles. The molecule has 1 saturated heterocycles. The van der Waals surface area contributed by atoms with Crippen LogP contribution in [0, 0.1) is 12.8 Å². The first-order valence-electron chi connectivity index (χ1n) is 6.34. The van der Waals surface area contributed by atoms with Gasteiger partial charge in [0.05, 0.1) is 6.61 Å². The molecule has 1 aliphatic heterocycles. The molecule has 1 heterocycles. The number of benzene rings is 1. The lowest BCUT2D eigenvalue weighted by molar-refractivity contribution is -0.122. The van der Waals surface area contributed by atoms with Crippen LogP contribution >= 0.6 is 12.4 Å². The predicted molar refractivity (Wildman–Crippen MR) is 77.3 cm³/mol. The Hall–Kier alpha value is -1.10. The highest BCUT2D eigenvalue weighted by Gasteiger charge is 2.19. The van der Waals surface area contributed by atoms with Crippen LogP contribution in [0.25, 0.3) is 0 Å². The van der Waals surface area contributed by atoms with Gasteiger partial charge in [0.1, 0.15) is 6.04 Å². The fourth-order valence-corrected chi connectivity index (χ4v) is 2.02. The third kappa shape index (κ3) is 4.49. The maximum absolute atomic E-state index is 11.9. The highest BCUT2D eigenvalue weighted by molar-refractivity contribution is 5.85. The number of nitrogens with one attached hydrogen (secondary N) is 1. The minimum atomic E-state index is -0.590. The van der Waals surface area contributed by atoms with E-state index in [0.29, 0.717) is 12.5 Å². The highest BCUT2D eigenvalue weighted by atomic mass is 35.5. The monoisotopic (exact) mass is 284 g/mol. The molecule has 0 spiro atoms. The minimum Gasteiger partial charge on any atom is -0.381 e. The summed E-state index contributed by atoms with van der Waals surface area (Å²) in [4.78, 5) is 11.9. The molecule has 106 valence electrons. The molecule has 1 aliphatic rings. The summed E-state index contributed by atoms with van der Waals surface area (Å²) in [7, 11) is 0. The molecule has 1 aromatic rings. The van der Waals surface area contributed by atoms with Crippen LogP contribution in [0.4, 0.5) is 0 Å². The van der Waals surface area contributed by atoms with Crippen LogP contribution in [-0.4, -0.2) is 25.7 Å². The number of hydrogen-bond donors (Lipinski definition) is 2. The molecule has 0 bridgehead atoms. The van der Waals surface area contributed by atoms with Crippen molar-refractivity contribution in [1.29, 1.82) is 0 Å². The lowest BCUT2D eigenvalue weighted by Crippen LogP contribution is -2.37. The Morgan fingerprint density at radius 1 is 1.47 bits per heavy atom. The SMILES string of the molecule is Cc1ccc(C(N)C(=O)NCC2CCOC2)cc1.Cl. The topological polar surface area (TPSA) is 64.4 Å². The summed E-state index contributed by atoms with van der Waals surface area (Å²) in [5, 5.41) is 2.89. The number of halogens is 1. The van der Waals surface area contributed by atoms with Gasteiger partial charge < -0.3 is 15.8 Å². The number of aryl methyl sites for hydroxylation is 1. The number of carbonyl (C=O) groups excluding carboxylic acids is 1. The van der Waals surface area contributed by atoms with Crippen LogP contribution in [0.5, 0.6) is 0 Å². The van der Waals surface area contributed by atoms with Crippen molar-refractivity contribution in [3.05, 3.63) is 35.4 Å². The van der Waals surface area contributed by atoms with Gasteiger partial charge >= 0.3 is 0 Å². The molecule has 1 aromatic carbocycles. The van der Waals surface area contributed by atoms with Crippen LogP contribution < -0.4 is 11.1 Å². The van der Waals surface area contributed by atoms with Crippen molar-refractivity contribution in [1.82, 2.24) is 5.32 Å². The minimum absolute atomic E-state index is 0. The summed E-state index contributed by atoms with van der Waals surface area (Å²) in [5.74, 6) is 0.310. The van der Waals surface area contributed by atoms with E-state index >= 15 is 0 Å². The largest absolute Gasteiger partial charge is 0.381 e. The Morgan fingerprint density at radius 3 is 2.74 bits per heavy atom. The maximum atomic E-state index is 11.9. The van der Waals surface area contributed by atoms with Gasteiger partial charge in [0.15, 0.2) is 0 Å². The zero-order valence-electron chi connectivity index (χ0n) is 11.1. The van der Waals surface area contributed by atoms with Gasteiger partial charge in [-0.25, -0.2) is 0 Å². The van der Waals surface area contributed by atoms with E-state index in [9.17, 15) is 4.79 Å². The lowest BCUT2D eigenvalue weighted by atomic mass is 10.0. The van der Waals surface area contributed by atoms with Gasteiger partial charge in [-0.2, -0.15) is 0 Å². The Labute approximate surface area is 120 Å². The molecule has 2 unspecified atom stereocenters. The normalized spacial score (nSPS) is 19.6. The van der Waals surface area contributed by atoms with Gasteiger partial charge in [-0.05, 0) is 18.9 Å². The number of rotatable bonds is 4. The second-order valence-corrected chi connectivity index (χ2v) is 4.86. The Bertz CT molecular complexity index is 402. The van der Waals surface area contributed by atoms with Gasteiger partial charge in [-0.3, -0.25) is 4.79 Å². The summed E-state index contributed by atoms with van der Waals surface area (Å²) in [5.41, 5.74) is 7.94. The zero-order valence-corrected chi connectivity index (χ0v) is 11.9. The van der Waals surface area contributed by atoms with Gasteiger partial charge in [-0.1, -0.05) is 29.8 Å². The van der Waals surface area contributed by atoms with Crippen LogP contribution in [-0.2, 0) is 9.53 Å². The molecule has 4 nitrogen and oxygen atoms in total. The van der Waals surface area contributed by atoms with Crippen molar-refractivity contribution in [2.75, 3.05) is 19.8 Å². The molecule has 0 aromatic heterocycles. The molecule has 2 rings (SSSR count). The Balaban J connectivity index is 0.00000180. The van der Waals surface area contributed by atoms with Crippen molar-refractivity contribution in [3.8, 4) is 0 Å². The van der Waals surface area contributed by atoms with Gasteiger partial charge in [-0.15, -0.1) is 12.4 Å². The first-order chi connectivity index (χ1) is 8.66. The van der Waals surface area contributed by atoms with E-state index in [4.69, 9.17) is 10.5 Å². The lowest BCUT2D eigenvalue weighted by Gasteiger charge is -2.14. The standard InChI is InChI=1S/C14H20N2O2.ClH/c1-10-2-4-12(5-3-10)13(15)14(17)16-8-11-6-7-18-9-11;/h2-5,11,13H,6-9,15H2,1H3,(H,16,17);1H. The third-order valence-corrected chi connectivity index (χ3v) is 3.31. The Kier molecular flexibility index (Phi) is 6.28. The van der Waals surface area contributed by atoms with Crippen LogP contribution in [0.3, 0.4) is 0 Å². The number of ether oxygens (including phenoxy) is 1. The van der Waals surface area contributed by atoms with Crippen molar-refractivity contribution >= 4 is 18.3 Å². The van der Waals surface area contributed by atoms with Crippen LogP contribution in [0.15, 0.2) is 24.3 Å². The van der Waals surface area contributed by atoms with E-state index in [1.807, 2.05) is 31.2 Å². The maximum Gasteiger partial charge on any atom is 0.241 e.